The Hall–Kier alpha value is -0.760. The summed E-state index contributed by atoms with van der Waals surface area (Å²) in [5.74, 6) is 0. The van der Waals surface area contributed by atoms with Gasteiger partial charge in [0, 0.05) is 6.54 Å². The minimum absolute atomic E-state index is 0.793. The summed E-state index contributed by atoms with van der Waals surface area (Å²) in [5.41, 5.74) is 0. The van der Waals surface area contributed by atoms with Crippen LogP contribution < -0.4 is 0 Å². The number of hydrogen-bond donors (Lipinski definition) is 0. The molecule has 0 amide bonds. The lowest BCUT2D eigenvalue weighted by molar-refractivity contribution is 0.212. The molecule has 0 aromatic heterocycles. The van der Waals surface area contributed by atoms with Gasteiger partial charge in [0.25, 0.3) is 0 Å². The van der Waals surface area contributed by atoms with Crippen molar-refractivity contribution in [3.63, 3.8) is 0 Å². The Morgan fingerprint density at radius 2 is 2.00 bits per heavy atom. The maximum Gasteiger partial charge on any atom is 0.0885 e. The van der Waals surface area contributed by atoms with E-state index in [1.807, 2.05) is 0 Å². The van der Waals surface area contributed by atoms with Crippen LogP contribution in [0.4, 0.5) is 0 Å². The molecule has 0 fully saturated rings. The van der Waals surface area contributed by atoms with Gasteiger partial charge >= 0.3 is 0 Å². The second-order valence-corrected chi connectivity index (χ2v) is 2.82. The highest BCUT2D eigenvalue weighted by atomic mass is 16.5. The predicted molar refractivity (Wildman–Crippen MR) is 57.7 cm³/mol. The third-order valence-corrected chi connectivity index (χ3v) is 1.94. The first-order valence-electron chi connectivity index (χ1n) is 4.96. The molecule has 2 heteroatoms. The zero-order chi connectivity index (χ0) is 9.94. The van der Waals surface area contributed by atoms with Crippen molar-refractivity contribution in [2.24, 2.45) is 0 Å². The molecule has 0 N–H and O–H groups in total. The third-order valence-electron chi connectivity index (χ3n) is 1.94. The molecule has 0 heterocycles. The highest BCUT2D eigenvalue weighted by Gasteiger charge is 1.96. The smallest absolute Gasteiger partial charge is 0.0885 e. The number of rotatable bonds is 8. The van der Waals surface area contributed by atoms with Crippen LogP contribution in [0.25, 0.3) is 0 Å². The Morgan fingerprint density at radius 1 is 1.31 bits per heavy atom. The zero-order valence-electron chi connectivity index (χ0n) is 8.83. The van der Waals surface area contributed by atoms with Crippen LogP contribution in [0.3, 0.4) is 0 Å². The van der Waals surface area contributed by atoms with Crippen LogP contribution in [-0.2, 0) is 4.74 Å². The van der Waals surface area contributed by atoms with Crippen LogP contribution in [0.5, 0.6) is 0 Å². The van der Waals surface area contributed by atoms with E-state index in [1.54, 1.807) is 18.4 Å². The van der Waals surface area contributed by atoms with Gasteiger partial charge in [-0.05, 0) is 25.6 Å². The van der Waals surface area contributed by atoms with E-state index in [1.165, 1.54) is 0 Å². The van der Waals surface area contributed by atoms with Crippen molar-refractivity contribution in [1.29, 1.82) is 0 Å². The van der Waals surface area contributed by atoms with Crippen LogP contribution in [0, 0.1) is 0 Å². The first-order chi connectivity index (χ1) is 6.35. The lowest BCUT2D eigenvalue weighted by Gasteiger charge is -2.17. The van der Waals surface area contributed by atoms with E-state index in [4.69, 9.17) is 4.74 Å². The quantitative estimate of drug-likeness (QED) is 0.325. The average Bonchev–Trinajstić information content (AvgIpc) is 2.17. The maximum atomic E-state index is 5.23. The monoisotopic (exact) mass is 183 g/mol. The molecule has 0 atom stereocenters. The fraction of sp³-hybridized carbons (Fsp3) is 0.636. The van der Waals surface area contributed by atoms with Gasteiger partial charge in [-0.3, -0.25) is 0 Å². The van der Waals surface area contributed by atoms with Crippen molar-refractivity contribution in [3.8, 4) is 0 Å². The molecule has 0 unspecified atom stereocenters. The molecule has 2 nitrogen and oxygen atoms in total. The summed E-state index contributed by atoms with van der Waals surface area (Å²) in [6.45, 7) is 12.1. The van der Waals surface area contributed by atoms with Gasteiger partial charge in [-0.25, -0.2) is 0 Å². The molecule has 0 saturated carbocycles. The SMILES string of the molecule is C=C/C=C/OCCCN(CC)CC. The van der Waals surface area contributed by atoms with E-state index >= 15 is 0 Å². The molecule has 13 heavy (non-hydrogen) atoms. The predicted octanol–water partition coefficient (Wildman–Crippen LogP) is 2.43. The first-order valence-corrected chi connectivity index (χ1v) is 4.96. The Balaban J connectivity index is 3.23. The van der Waals surface area contributed by atoms with E-state index in [2.05, 4.69) is 25.3 Å². The standard InChI is InChI=1S/C11H21NO/c1-4-7-10-13-11-8-9-12(5-2)6-3/h4,7,10H,1,5-6,8-9,11H2,2-3H3/b10-7+. The molecular weight excluding hydrogens is 162 g/mol. The molecule has 0 aliphatic rings. The minimum Gasteiger partial charge on any atom is -0.501 e. The number of nitrogens with zero attached hydrogens (tertiary/aromatic N) is 1. The van der Waals surface area contributed by atoms with Crippen molar-refractivity contribution in [1.82, 2.24) is 4.90 Å². The van der Waals surface area contributed by atoms with Crippen molar-refractivity contribution < 1.29 is 4.74 Å². The van der Waals surface area contributed by atoms with Crippen LogP contribution in [0.1, 0.15) is 20.3 Å². The van der Waals surface area contributed by atoms with Gasteiger partial charge in [-0.1, -0.05) is 26.5 Å². The number of hydrogen-bond acceptors (Lipinski definition) is 2. The Bertz CT molecular complexity index is 139. The Labute approximate surface area is 81.9 Å². The van der Waals surface area contributed by atoms with Crippen molar-refractivity contribution in [2.45, 2.75) is 20.3 Å². The third kappa shape index (κ3) is 7.60. The van der Waals surface area contributed by atoms with Gasteiger partial charge in [0.2, 0.25) is 0 Å². The minimum atomic E-state index is 0.793. The van der Waals surface area contributed by atoms with Gasteiger partial charge in [0.15, 0.2) is 0 Å². The van der Waals surface area contributed by atoms with Gasteiger partial charge in [0.1, 0.15) is 0 Å². The average molecular weight is 183 g/mol. The van der Waals surface area contributed by atoms with E-state index in [0.29, 0.717) is 0 Å². The van der Waals surface area contributed by atoms with Crippen molar-refractivity contribution in [3.05, 3.63) is 25.0 Å². The fourth-order valence-electron chi connectivity index (χ4n) is 1.09. The van der Waals surface area contributed by atoms with Crippen LogP contribution >= 0.6 is 0 Å². The van der Waals surface area contributed by atoms with Gasteiger partial charge in [-0.2, -0.15) is 0 Å². The van der Waals surface area contributed by atoms with Gasteiger partial charge in [-0.15, -0.1) is 0 Å². The maximum absolute atomic E-state index is 5.23. The van der Waals surface area contributed by atoms with E-state index < -0.39 is 0 Å². The summed E-state index contributed by atoms with van der Waals surface area (Å²) in [7, 11) is 0. The summed E-state index contributed by atoms with van der Waals surface area (Å²) >= 11 is 0. The molecule has 0 radical (unpaired) electrons. The lowest BCUT2D eigenvalue weighted by atomic mass is 10.4. The molecule has 0 saturated heterocycles. The van der Waals surface area contributed by atoms with Crippen LogP contribution in [0.2, 0.25) is 0 Å². The molecular formula is C11H21NO. The number of ether oxygens (including phenoxy) is 1. The van der Waals surface area contributed by atoms with Crippen LogP contribution in [0.15, 0.2) is 25.0 Å². The molecule has 0 aromatic carbocycles. The molecule has 76 valence electrons. The topological polar surface area (TPSA) is 12.5 Å². The molecule has 0 spiro atoms. The fourth-order valence-corrected chi connectivity index (χ4v) is 1.09. The molecule has 0 aromatic rings. The first kappa shape index (κ1) is 12.2. The van der Waals surface area contributed by atoms with Gasteiger partial charge in [0.05, 0.1) is 12.9 Å². The summed E-state index contributed by atoms with van der Waals surface area (Å²) in [6.07, 6.45) is 6.29. The largest absolute Gasteiger partial charge is 0.501 e. The molecule has 0 bridgehead atoms. The Kier molecular flexibility index (Phi) is 8.78. The van der Waals surface area contributed by atoms with Crippen LogP contribution in [-0.4, -0.2) is 31.1 Å². The summed E-state index contributed by atoms with van der Waals surface area (Å²) < 4.78 is 5.23. The van der Waals surface area contributed by atoms with E-state index in [-0.39, 0.29) is 0 Å². The lowest BCUT2D eigenvalue weighted by Crippen LogP contribution is -2.24. The van der Waals surface area contributed by atoms with Crippen molar-refractivity contribution >= 4 is 0 Å². The normalized spacial score (nSPS) is 11.0. The number of allylic oxidation sites excluding steroid dienone is 2. The second kappa shape index (κ2) is 9.33. The highest BCUT2D eigenvalue weighted by molar-refractivity contribution is 4.92. The zero-order valence-corrected chi connectivity index (χ0v) is 8.83. The molecule has 0 aliphatic heterocycles. The van der Waals surface area contributed by atoms with Gasteiger partial charge < -0.3 is 9.64 Å². The Morgan fingerprint density at radius 3 is 2.54 bits per heavy atom. The van der Waals surface area contributed by atoms with E-state index in [0.717, 1.165) is 32.7 Å². The molecule has 0 rings (SSSR count). The summed E-state index contributed by atoms with van der Waals surface area (Å²) in [6, 6.07) is 0. The van der Waals surface area contributed by atoms with E-state index in [9.17, 15) is 0 Å². The van der Waals surface area contributed by atoms with Crippen molar-refractivity contribution in [2.75, 3.05) is 26.2 Å². The summed E-state index contributed by atoms with van der Waals surface area (Å²) in [5, 5.41) is 0. The molecule has 0 aliphatic carbocycles. The summed E-state index contributed by atoms with van der Waals surface area (Å²) in [4.78, 5) is 2.39. The highest BCUT2D eigenvalue weighted by Crippen LogP contribution is 1.91. The second-order valence-electron chi connectivity index (χ2n) is 2.82.